The zero-order chi connectivity index (χ0) is 22.6. The number of aliphatic hydroxyl groups is 1. The third kappa shape index (κ3) is 3.34. The molecule has 0 heterocycles. The van der Waals surface area contributed by atoms with Crippen LogP contribution in [0.4, 0.5) is 0 Å². The summed E-state index contributed by atoms with van der Waals surface area (Å²) >= 11 is 0. The van der Waals surface area contributed by atoms with Crippen molar-refractivity contribution in [3.8, 4) is 16.9 Å². The zero-order valence-electron chi connectivity index (χ0n) is 19.5. The van der Waals surface area contributed by atoms with Gasteiger partial charge in [0, 0.05) is 6.42 Å². The normalized spacial score (nSPS) is 32.6. The lowest BCUT2D eigenvalue weighted by atomic mass is 9.53. The van der Waals surface area contributed by atoms with Crippen molar-refractivity contribution < 1.29 is 10.2 Å². The minimum absolute atomic E-state index is 0.0271. The first kappa shape index (κ1) is 21.0. The van der Waals surface area contributed by atoms with Gasteiger partial charge in [-0.05, 0) is 102 Å². The first-order valence-electron chi connectivity index (χ1n) is 12.7. The number of aromatic hydroxyl groups is 1. The van der Waals surface area contributed by atoms with Gasteiger partial charge in [0.15, 0.2) is 0 Å². The molecule has 2 heteroatoms. The van der Waals surface area contributed by atoms with Gasteiger partial charge in [-0.25, -0.2) is 0 Å². The van der Waals surface area contributed by atoms with Crippen molar-refractivity contribution in [2.45, 2.75) is 63.4 Å². The van der Waals surface area contributed by atoms with Crippen molar-refractivity contribution in [2.75, 3.05) is 0 Å². The highest BCUT2D eigenvalue weighted by Crippen LogP contribution is 2.64. The summed E-state index contributed by atoms with van der Waals surface area (Å²) in [5.74, 6) is 2.20. The van der Waals surface area contributed by atoms with Gasteiger partial charge in [0.2, 0.25) is 0 Å². The third-order valence-corrected chi connectivity index (χ3v) is 9.59. The Bertz CT molecular complexity index is 1150. The lowest BCUT2D eigenvalue weighted by Gasteiger charge is -2.53. The van der Waals surface area contributed by atoms with Gasteiger partial charge >= 0.3 is 0 Å². The van der Waals surface area contributed by atoms with E-state index in [4.69, 9.17) is 0 Å². The number of benzene rings is 3. The van der Waals surface area contributed by atoms with E-state index in [0.29, 0.717) is 23.5 Å². The molecule has 2 nitrogen and oxygen atoms in total. The van der Waals surface area contributed by atoms with Crippen LogP contribution in [-0.4, -0.2) is 15.8 Å². The van der Waals surface area contributed by atoms with Gasteiger partial charge in [-0.1, -0.05) is 67.6 Å². The number of fused-ring (bicyclic) bond motifs is 5. The SMILES string of the molecule is C[C@]12CC[C@@H]3c4ccc(O)cc4CC[C@H]3[C@@H]1CC[C@@]2(O)Cc1ccc(-c2ccccc2)cc1. The summed E-state index contributed by atoms with van der Waals surface area (Å²) in [5, 5.41) is 22.0. The summed E-state index contributed by atoms with van der Waals surface area (Å²) in [6, 6.07) is 25.3. The second-order valence-corrected chi connectivity index (χ2v) is 11.1. The number of rotatable bonds is 3. The number of phenolic OH excluding ortho intramolecular Hbond substituents is 1. The van der Waals surface area contributed by atoms with E-state index in [9.17, 15) is 10.2 Å². The predicted octanol–water partition coefficient (Wildman–Crippen LogP) is 6.89. The van der Waals surface area contributed by atoms with Gasteiger partial charge in [-0.3, -0.25) is 0 Å². The van der Waals surface area contributed by atoms with Crippen LogP contribution in [0.5, 0.6) is 5.75 Å². The summed E-state index contributed by atoms with van der Waals surface area (Å²) in [4.78, 5) is 0. The fourth-order valence-electron chi connectivity index (χ4n) is 7.75. The first-order valence-corrected chi connectivity index (χ1v) is 12.7. The van der Waals surface area contributed by atoms with Crippen LogP contribution in [0, 0.1) is 17.3 Å². The zero-order valence-corrected chi connectivity index (χ0v) is 19.5. The highest BCUT2D eigenvalue weighted by atomic mass is 16.3. The summed E-state index contributed by atoms with van der Waals surface area (Å²) < 4.78 is 0. The molecule has 3 aromatic rings. The molecular formula is C31H34O2. The molecule has 6 rings (SSSR count). The molecule has 0 unspecified atom stereocenters. The molecule has 0 amide bonds. The van der Waals surface area contributed by atoms with E-state index in [1.165, 1.54) is 34.2 Å². The van der Waals surface area contributed by atoms with Crippen molar-refractivity contribution in [3.05, 3.63) is 89.5 Å². The van der Waals surface area contributed by atoms with Crippen molar-refractivity contribution in [1.29, 1.82) is 0 Å². The van der Waals surface area contributed by atoms with Gasteiger partial charge in [-0.2, -0.15) is 0 Å². The minimum atomic E-state index is -0.633. The molecule has 0 radical (unpaired) electrons. The quantitative estimate of drug-likeness (QED) is 0.467. The largest absolute Gasteiger partial charge is 0.508 e. The van der Waals surface area contributed by atoms with E-state index in [-0.39, 0.29) is 5.41 Å². The highest BCUT2D eigenvalue weighted by Gasteiger charge is 2.61. The van der Waals surface area contributed by atoms with Crippen LogP contribution in [0.1, 0.15) is 61.6 Å². The summed E-state index contributed by atoms with van der Waals surface area (Å²) in [7, 11) is 0. The summed E-state index contributed by atoms with van der Waals surface area (Å²) in [6.07, 6.45) is 7.24. The maximum atomic E-state index is 12.1. The lowest BCUT2D eigenvalue weighted by molar-refractivity contribution is -0.102. The number of aryl methyl sites for hydroxylation is 1. The standard InChI is InChI=1S/C31H34O2/c1-30-17-15-27-26-14-12-25(32)19-24(26)11-13-28(27)29(30)16-18-31(30,33)20-21-7-9-23(10-8-21)22-5-3-2-4-6-22/h2-10,12,14,19,27-29,32-33H,11,13,15-18,20H2,1H3/t27-,28-,29+,30+,31-/m1/s1. The Hall–Kier alpha value is -2.58. The smallest absolute Gasteiger partial charge is 0.115 e. The molecule has 5 atom stereocenters. The predicted molar refractivity (Wildman–Crippen MR) is 133 cm³/mol. The monoisotopic (exact) mass is 438 g/mol. The maximum Gasteiger partial charge on any atom is 0.115 e. The molecule has 2 N–H and O–H groups in total. The molecule has 3 aliphatic rings. The van der Waals surface area contributed by atoms with Gasteiger partial charge in [-0.15, -0.1) is 0 Å². The van der Waals surface area contributed by atoms with Crippen LogP contribution < -0.4 is 0 Å². The van der Waals surface area contributed by atoms with Crippen LogP contribution in [-0.2, 0) is 12.8 Å². The van der Waals surface area contributed by atoms with Crippen LogP contribution in [0.15, 0.2) is 72.8 Å². The van der Waals surface area contributed by atoms with Gasteiger partial charge < -0.3 is 10.2 Å². The molecule has 3 aromatic carbocycles. The van der Waals surface area contributed by atoms with Crippen LogP contribution >= 0.6 is 0 Å². The molecule has 0 saturated heterocycles. The molecule has 0 bridgehead atoms. The van der Waals surface area contributed by atoms with E-state index in [1.807, 2.05) is 18.2 Å². The molecule has 0 aromatic heterocycles. The molecule has 0 spiro atoms. The molecular weight excluding hydrogens is 404 g/mol. The van der Waals surface area contributed by atoms with Gasteiger partial charge in [0.1, 0.15) is 5.75 Å². The fraction of sp³-hybridized carbons (Fsp3) is 0.419. The Morgan fingerprint density at radius 3 is 2.39 bits per heavy atom. The topological polar surface area (TPSA) is 40.5 Å². The Balaban J connectivity index is 1.24. The average Bonchev–Trinajstić information content (AvgIpc) is 3.10. The summed E-state index contributed by atoms with van der Waals surface area (Å²) in [6.45, 7) is 2.38. The van der Waals surface area contributed by atoms with E-state index >= 15 is 0 Å². The summed E-state index contributed by atoms with van der Waals surface area (Å²) in [5.41, 5.74) is 5.84. The van der Waals surface area contributed by atoms with E-state index in [2.05, 4.69) is 61.5 Å². The average molecular weight is 439 g/mol. The molecule has 2 fully saturated rings. The number of phenols is 1. The highest BCUT2D eigenvalue weighted by molar-refractivity contribution is 5.63. The molecule has 3 aliphatic carbocycles. The van der Waals surface area contributed by atoms with Crippen LogP contribution in [0.3, 0.4) is 0 Å². The molecule has 33 heavy (non-hydrogen) atoms. The second kappa shape index (κ2) is 7.74. The van der Waals surface area contributed by atoms with Crippen LogP contribution in [0.25, 0.3) is 11.1 Å². The minimum Gasteiger partial charge on any atom is -0.508 e. The molecule has 170 valence electrons. The van der Waals surface area contributed by atoms with Gasteiger partial charge in [0.05, 0.1) is 5.60 Å². The van der Waals surface area contributed by atoms with E-state index < -0.39 is 5.60 Å². The van der Waals surface area contributed by atoms with E-state index in [1.54, 1.807) is 0 Å². The van der Waals surface area contributed by atoms with Crippen molar-refractivity contribution in [3.63, 3.8) is 0 Å². The molecule has 0 aliphatic heterocycles. The third-order valence-electron chi connectivity index (χ3n) is 9.59. The van der Waals surface area contributed by atoms with Crippen molar-refractivity contribution >= 4 is 0 Å². The van der Waals surface area contributed by atoms with Crippen molar-refractivity contribution in [2.24, 2.45) is 17.3 Å². The number of hydrogen-bond donors (Lipinski definition) is 2. The first-order chi connectivity index (χ1) is 16.0. The lowest BCUT2D eigenvalue weighted by Crippen LogP contribution is -2.51. The second-order valence-electron chi connectivity index (χ2n) is 11.1. The molecule has 2 saturated carbocycles. The Morgan fingerprint density at radius 1 is 0.848 bits per heavy atom. The Morgan fingerprint density at radius 2 is 1.61 bits per heavy atom. The Labute approximate surface area is 197 Å². The van der Waals surface area contributed by atoms with Crippen LogP contribution in [0.2, 0.25) is 0 Å². The van der Waals surface area contributed by atoms with Gasteiger partial charge in [0.25, 0.3) is 0 Å². The fourth-order valence-corrected chi connectivity index (χ4v) is 7.75. The maximum absolute atomic E-state index is 12.1. The Kier molecular flexibility index (Phi) is 4.92. The number of hydrogen-bond acceptors (Lipinski definition) is 2. The van der Waals surface area contributed by atoms with E-state index in [0.717, 1.165) is 38.5 Å². The van der Waals surface area contributed by atoms with Crippen molar-refractivity contribution in [1.82, 2.24) is 0 Å².